The van der Waals surface area contributed by atoms with Crippen molar-refractivity contribution in [3.63, 3.8) is 0 Å². The largest absolute Gasteiger partial charge is 0.303 e. The van der Waals surface area contributed by atoms with Crippen LogP contribution in [-0.2, 0) is 0 Å². The third-order valence-corrected chi connectivity index (χ3v) is 1.67. The van der Waals surface area contributed by atoms with Gasteiger partial charge in [0.25, 0.3) is 0 Å². The second-order valence-electron chi connectivity index (χ2n) is 2.13. The Morgan fingerprint density at radius 2 is 2.62 bits per heavy atom. The minimum atomic E-state index is -2.80. The standard InChI is InChI=1S/C9H8BrN3/c1-7-2-3-11-4-8(7)13-5-9(10)12-6-13/h2-6H,1H3/i1D3,2D,3D,4D,5D,6D. The van der Waals surface area contributed by atoms with Crippen LogP contribution in [0.1, 0.15) is 16.5 Å². The number of imidazole rings is 1. The Bertz CT molecular complexity index is 723. The van der Waals surface area contributed by atoms with E-state index in [9.17, 15) is 0 Å². The van der Waals surface area contributed by atoms with Crippen molar-refractivity contribution in [1.82, 2.24) is 14.5 Å². The molecule has 4 heteroatoms. The summed E-state index contributed by atoms with van der Waals surface area (Å²) in [5.74, 6) is 0. The van der Waals surface area contributed by atoms with E-state index in [0.29, 0.717) is 0 Å². The third-order valence-electron chi connectivity index (χ3n) is 1.31. The summed E-state index contributed by atoms with van der Waals surface area (Å²) in [7, 11) is 0. The van der Waals surface area contributed by atoms with Gasteiger partial charge in [0.2, 0.25) is 0 Å². The molecular formula is C9H8BrN3. The van der Waals surface area contributed by atoms with Gasteiger partial charge in [0.05, 0.1) is 17.3 Å². The Morgan fingerprint density at radius 3 is 3.31 bits per heavy atom. The molecule has 0 aromatic carbocycles. The number of rotatable bonds is 1. The molecule has 0 amide bonds. The summed E-state index contributed by atoms with van der Waals surface area (Å²) in [4.78, 5) is 7.14. The van der Waals surface area contributed by atoms with E-state index < -0.39 is 42.8 Å². The lowest BCUT2D eigenvalue weighted by Gasteiger charge is -2.03. The SMILES string of the molecule is [2H]c1nc([2H])c(-n2c([2H])nc(Br)c2[2H])c(C([2H])([2H])[2H])c1[2H]. The van der Waals surface area contributed by atoms with E-state index in [1.807, 2.05) is 0 Å². The minimum Gasteiger partial charge on any atom is -0.303 e. The normalized spacial score (nSPS) is 20.1. The Balaban J connectivity index is 2.96. The van der Waals surface area contributed by atoms with Gasteiger partial charge in [-0.2, -0.15) is 0 Å². The quantitative estimate of drug-likeness (QED) is 0.773. The monoisotopic (exact) mass is 245 g/mol. The zero-order chi connectivity index (χ0) is 16.1. The number of halogens is 1. The van der Waals surface area contributed by atoms with Crippen molar-refractivity contribution in [1.29, 1.82) is 0 Å². The van der Waals surface area contributed by atoms with Crippen LogP contribution in [0.15, 0.2) is 35.5 Å². The van der Waals surface area contributed by atoms with Gasteiger partial charge < -0.3 is 4.57 Å². The van der Waals surface area contributed by atoms with Crippen molar-refractivity contribution < 1.29 is 11.0 Å². The van der Waals surface area contributed by atoms with Gasteiger partial charge in [0, 0.05) is 16.5 Å². The Morgan fingerprint density at radius 1 is 1.69 bits per heavy atom. The van der Waals surface area contributed by atoms with Gasteiger partial charge in [-0.05, 0) is 34.4 Å². The fourth-order valence-corrected chi connectivity index (χ4v) is 1.04. The van der Waals surface area contributed by atoms with E-state index in [1.54, 1.807) is 0 Å². The molecule has 0 unspecified atom stereocenters. The Labute approximate surface area is 95.8 Å². The highest BCUT2D eigenvalue weighted by molar-refractivity contribution is 9.10. The summed E-state index contributed by atoms with van der Waals surface area (Å²) < 4.78 is 61.7. The number of aromatic nitrogens is 3. The molecule has 0 aliphatic carbocycles. The topological polar surface area (TPSA) is 30.7 Å². The van der Waals surface area contributed by atoms with Crippen molar-refractivity contribution in [2.75, 3.05) is 0 Å². The van der Waals surface area contributed by atoms with E-state index >= 15 is 0 Å². The minimum absolute atomic E-state index is 0.00451. The number of nitrogens with zero attached hydrogens (tertiary/aromatic N) is 3. The lowest BCUT2D eigenvalue weighted by Crippen LogP contribution is -1.93. The molecule has 66 valence electrons. The first-order valence-corrected chi connectivity index (χ1v) is 4.05. The zero-order valence-electron chi connectivity index (χ0n) is 14.2. The van der Waals surface area contributed by atoms with Crippen LogP contribution < -0.4 is 0 Å². The number of pyridine rings is 1. The lowest BCUT2D eigenvalue weighted by molar-refractivity contribution is 1.02. The van der Waals surface area contributed by atoms with Crippen molar-refractivity contribution in [2.24, 2.45) is 0 Å². The fraction of sp³-hybridized carbons (Fsp3) is 0.111. The van der Waals surface area contributed by atoms with Crippen molar-refractivity contribution in [3.05, 3.63) is 41.0 Å². The van der Waals surface area contributed by atoms with Gasteiger partial charge in [-0.25, -0.2) is 4.98 Å². The molecule has 0 aliphatic heterocycles. The molecule has 0 bridgehead atoms. The van der Waals surface area contributed by atoms with Crippen LogP contribution in [0, 0.1) is 6.85 Å². The van der Waals surface area contributed by atoms with Crippen LogP contribution in [0.3, 0.4) is 0 Å². The van der Waals surface area contributed by atoms with Gasteiger partial charge in [-0.1, -0.05) is 0 Å². The van der Waals surface area contributed by atoms with Crippen LogP contribution in [-0.4, -0.2) is 14.5 Å². The van der Waals surface area contributed by atoms with E-state index in [1.165, 1.54) is 0 Å². The molecule has 0 radical (unpaired) electrons. The van der Waals surface area contributed by atoms with E-state index in [0.717, 1.165) is 4.57 Å². The fourth-order valence-electron chi connectivity index (χ4n) is 0.784. The summed E-state index contributed by atoms with van der Waals surface area (Å²) in [6, 6.07) is -0.662. The molecule has 0 spiro atoms. The maximum absolute atomic E-state index is 7.81. The summed E-state index contributed by atoms with van der Waals surface area (Å²) in [6.07, 6.45) is -2.05. The maximum Gasteiger partial charge on any atom is 0.124 e. The highest BCUT2D eigenvalue weighted by Crippen LogP contribution is 2.14. The zero-order valence-corrected chi connectivity index (χ0v) is 7.81. The first-order chi connectivity index (χ1) is 9.55. The van der Waals surface area contributed by atoms with Gasteiger partial charge in [0.15, 0.2) is 0 Å². The molecule has 3 nitrogen and oxygen atoms in total. The third kappa shape index (κ3) is 1.62. The highest BCUT2D eigenvalue weighted by Gasteiger charge is 2.00. The van der Waals surface area contributed by atoms with Gasteiger partial charge in [-0.3, -0.25) is 4.98 Å². The summed E-state index contributed by atoms with van der Waals surface area (Å²) in [5.41, 5.74) is -0.997. The first kappa shape index (κ1) is 3.20. The molecule has 0 aliphatic rings. The second kappa shape index (κ2) is 3.30. The lowest BCUT2D eigenvalue weighted by atomic mass is 10.2. The molecule has 2 aromatic heterocycles. The van der Waals surface area contributed by atoms with Crippen molar-refractivity contribution >= 4 is 15.9 Å². The summed E-state index contributed by atoms with van der Waals surface area (Å²) in [5, 5.41) is 0. The molecule has 0 saturated heterocycles. The maximum atomic E-state index is 7.81. The van der Waals surface area contributed by atoms with Crippen LogP contribution in [0.2, 0.25) is 0 Å². The summed E-state index contributed by atoms with van der Waals surface area (Å²) >= 11 is 2.95. The molecule has 0 saturated carbocycles. The first-order valence-electron chi connectivity index (χ1n) is 7.25. The number of hydrogen-bond acceptors (Lipinski definition) is 2. The summed E-state index contributed by atoms with van der Waals surface area (Å²) in [6.45, 7) is -2.80. The Kier molecular flexibility index (Phi) is 0.813. The smallest absolute Gasteiger partial charge is 0.124 e. The van der Waals surface area contributed by atoms with Crippen molar-refractivity contribution in [2.45, 2.75) is 6.85 Å². The predicted molar refractivity (Wildman–Crippen MR) is 53.8 cm³/mol. The van der Waals surface area contributed by atoms with Crippen LogP contribution in [0.4, 0.5) is 0 Å². The molecule has 13 heavy (non-hydrogen) atoms. The van der Waals surface area contributed by atoms with Crippen LogP contribution >= 0.6 is 15.9 Å². The van der Waals surface area contributed by atoms with Crippen LogP contribution in [0.25, 0.3) is 5.69 Å². The van der Waals surface area contributed by atoms with E-state index in [2.05, 4.69) is 25.9 Å². The van der Waals surface area contributed by atoms with Gasteiger partial charge >= 0.3 is 0 Å². The molecular weight excluding hydrogens is 230 g/mol. The van der Waals surface area contributed by atoms with Gasteiger partial charge in [0.1, 0.15) is 12.3 Å². The molecule has 2 heterocycles. The molecule has 2 aromatic rings. The molecule has 0 fully saturated rings. The Hall–Kier alpha value is -1.16. The predicted octanol–water partition coefficient (Wildman–Crippen LogP) is 2.34. The van der Waals surface area contributed by atoms with E-state index in [4.69, 9.17) is 11.0 Å². The highest BCUT2D eigenvalue weighted by atomic mass is 79.9. The molecule has 0 atom stereocenters. The number of hydrogen-bond donors (Lipinski definition) is 0. The molecule has 0 N–H and O–H groups in total. The average Bonchev–Trinajstić information content (AvgIpc) is 2.57. The average molecular weight is 246 g/mol. The van der Waals surface area contributed by atoms with Crippen molar-refractivity contribution in [3.8, 4) is 5.69 Å². The second-order valence-corrected chi connectivity index (χ2v) is 2.88. The van der Waals surface area contributed by atoms with Crippen LogP contribution in [0.5, 0.6) is 0 Å². The molecule has 2 rings (SSSR count). The van der Waals surface area contributed by atoms with Gasteiger partial charge in [-0.15, -0.1) is 0 Å². The van der Waals surface area contributed by atoms with E-state index in [-0.39, 0.29) is 10.8 Å².